The lowest BCUT2D eigenvalue weighted by atomic mass is 9.90. The van der Waals surface area contributed by atoms with Gasteiger partial charge in [-0.25, -0.2) is 0 Å². The molecule has 1 aromatic carbocycles. The molecular formula is C19H29N3O2. The van der Waals surface area contributed by atoms with E-state index in [9.17, 15) is 4.79 Å². The highest BCUT2D eigenvalue weighted by atomic mass is 16.5. The number of morpholine rings is 1. The number of rotatable bonds is 5. The molecule has 0 aromatic heterocycles. The fraction of sp³-hybridized carbons (Fsp3) is 0.632. The van der Waals surface area contributed by atoms with E-state index in [1.165, 1.54) is 5.56 Å². The molecule has 3 rings (SSSR count). The number of amides is 1. The summed E-state index contributed by atoms with van der Waals surface area (Å²) in [5, 5.41) is 2.98. The number of ether oxygens (including phenoxy) is 1. The van der Waals surface area contributed by atoms with Crippen LogP contribution in [0.2, 0.25) is 0 Å². The number of nitrogens with zero attached hydrogens (tertiary/aromatic N) is 2. The molecule has 5 heteroatoms. The summed E-state index contributed by atoms with van der Waals surface area (Å²) in [7, 11) is 2.03. The van der Waals surface area contributed by atoms with E-state index < -0.39 is 0 Å². The lowest BCUT2D eigenvalue weighted by Gasteiger charge is -2.55. The molecule has 1 spiro atoms. The first-order chi connectivity index (χ1) is 11.5. The Balaban J connectivity index is 1.44. The standard InChI is InChI=1S/C19H29N3O2/c1-15(2)20-18(23)17-11-24-19(12-21(17)3)13-22(14-19)10-9-16-7-5-4-6-8-16/h4-8,15,17H,9-14H2,1-3H3,(H,20,23). The maximum Gasteiger partial charge on any atom is 0.239 e. The number of likely N-dealkylation sites (tertiary alicyclic amines) is 1. The van der Waals surface area contributed by atoms with E-state index >= 15 is 0 Å². The quantitative estimate of drug-likeness (QED) is 0.879. The van der Waals surface area contributed by atoms with Crippen LogP contribution < -0.4 is 5.32 Å². The number of hydrogen-bond acceptors (Lipinski definition) is 4. The van der Waals surface area contributed by atoms with Gasteiger partial charge < -0.3 is 10.1 Å². The second-order valence-corrected chi connectivity index (χ2v) is 7.53. The molecule has 2 aliphatic rings. The minimum atomic E-state index is -0.170. The summed E-state index contributed by atoms with van der Waals surface area (Å²) in [5.74, 6) is 0.0719. The summed E-state index contributed by atoms with van der Waals surface area (Å²) < 4.78 is 6.13. The maximum atomic E-state index is 12.2. The predicted octanol–water partition coefficient (Wildman–Crippen LogP) is 1.14. The lowest BCUT2D eigenvalue weighted by Crippen LogP contribution is -2.72. The smallest absolute Gasteiger partial charge is 0.239 e. The molecule has 0 radical (unpaired) electrons. The number of hydrogen-bond donors (Lipinski definition) is 1. The van der Waals surface area contributed by atoms with Gasteiger partial charge in [-0.15, -0.1) is 0 Å². The van der Waals surface area contributed by atoms with Crippen molar-refractivity contribution < 1.29 is 9.53 Å². The third kappa shape index (κ3) is 3.97. The Bertz CT molecular complexity index is 555. The van der Waals surface area contributed by atoms with Gasteiger partial charge in [0.25, 0.3) is 0 Å². The van der Waals surface area contributed by atoms with Crippen molar-refractivity contribution in [3.8, 4) is 0 Å². The minimum absolute atomic E-state index is 0.0719. The van der Waals surface area contributed by atoms with E-state index in [1.807, 2.05) is 20.9 Å². The van der Waals surface area contributed by atoms with Gasteiger partial charge in [0.15, 0.2) is 0 Å². The molecule has 2 saturated heterocycles. The lowest BCUT2D eigenvalue weighted by molar-refractivity contribution is -0.196. The SMILES string of the molecule is CC(C)NC(=O)C1COC2(CN(CCc3ccccc3)C2)CN1C. The molecule has 1 N–H and O–H groups in total. The molecule has 0 aliphatic carbocycles. The van der Waals surface area contributed by atoms with Crippen LogP contribution in [0.1, 0.15) is 19.4 Å². The van der Waals surface area contributed by atoms with E-state index in [0.717, 1.165) is 32.6 Å². The second-order valence-electron chi connectivity index (χ2n) is 7.53. The zero-order valence-corrected chi connectivity index (χ0v) is 15.0. The Morgan fingerprint density at radius 1 is 1.29 bits per heavy atom. The van der Waals surface area contributed by atoms with Crippen molar-refractivity contribution >= 4 is 5.91 Å². The first-order valence-electron chi connectivity index (χ1n) is 8.88. The molecule has 1 aromatic rings. The first kappa shape index (κ1) is 17.4. The molecule has 2 heterocycles. The van der Waals surface area contributed by atoms with Gasteiger partial charge in [-0.2, -0.15) is 0 Å². The highest BCUT2D eigenvalue weighted by Crippen LogP contribution is 2.30. The molecule has 5 nitrogen and oxygen atoms in total. The molecule has 24 heavy (non-hydrogen) atoms. The summed E-state index contributed by atoms with van der Waals surface area (Å²) in [4.78, 5) is 16.8. The van der Waals surface area contributed by atoms with Gasteiger partial charge in [0, 0.05) is 32.2 Å². The maximum absolute atomic E-state index is 12.2. The van der Waals surface area contributed by atoms with Crippen molar-refractivity contribution in [2.75, 3.05) is 39.8 Å². The van der Waals surface area contributed by atoms with E-state index in [4.69, 9.17) is 4.74 Å². The van der Waals surface area contributed by atoms with Gasteiger partial charge in [0.05, 0.1) is 6.61 Å². The second kappa shape index (κ2) is 7.21. The third-order valence-electron chi connectivity index (χ3n) is 4.93. The average molecular weight is 331 g/mol. The van der Waals surface area contributed by atoms with Crippen LogP contribution in [-0.4, -0.2) is 73.2 Å². The van der Waals surface area contributed by atoms with Crippen LogP contribution >= 0.6 is 0 Å². The van der Waals surface area contributed by atoms with Crippen molar-refractivity contribution in [2.45, 2.75) is 38.0 Å². The summed E-state index contributed by atoms with van der Waals surface area (Å²) in [6, 6.07) is 10.6. The summed E-state index contributed by atoms with van der Waals surface area (Å²) >= 11 is 0. The monoisotopic (exact) mass is 331 g/mol. The first-order valence-corrected chi connectivity index (χ1v) is 8.88. The van der Waals surface area contributed by atoms with E-state index in [0.29, 0.717) is 6.61 Å². The van der Waals surface area contributed by atoms with E-state index in [1.54, 1.807) is 0 Å². The predicted molar refractivity (Wildman–Crippen MR) is 95.0 cm³/mol. The fourth-order valence-electron chi connectivity index (χ4n) is 3.70. The Labute approximate surface area is 145 Å². The van der Waals surface area contributed by atoms with Gasteiger partial charge in [-0.3, -0.25) is 14.6 Å². The van der Waals surface area contributed by atoms with Crippen molar-refractivity contribution in [2.24, 2.45) is 0 Å². The van der Waals surface area contributed by atoms with Crippen LogP contribution in [-0.2, 0) is 16.0 Å². The average Bonchev–Trinajstić information content (AvgIpc) is 2.51. The molecular weight excluding hydrogens is 302 g/mol. The normalized spacial score (nSPS) is 24.1. The highest BCUT2D eigenvalue weighted by Gasteiger charge is 2.49. The van der Waals surface area contributed by atoms with Gasteiger partial charge >= 0.3 is 0 Å². The van der Waals surface area contributed by atoms with Crippen LogP contribution in [0.3, 0.4) is 0 Å². The molecule has 132 valence electrons. The third-order valence-corrected chi connectivity index (χ3v) is 4.93. The largest absolute Gasteiger partial charge is 0.369 e. The van der Waals surface area contributed by atoms with Crippen molar-refractivity contribution in [3.63, 3.8) is 0 Å². The van der Waals surface area contributed by atoms with Crippen LogP contribution in [0, 0.1) is 0 Å². The van der Waals surface area contributed by atoms with E-state index in [2.05, 4.69) is 45.4 Å². The number of likely N-dealkylation sites (N-methyl/N-ethyl adjacent to an activating group) is 1. The zero-order chi connectivity index (χ0) is 17.2. The molecule has 1 amide bonds. The molecule has 1 atom stereocenters. The van der Waals surface area contributed by atoms with Crippen LogP contribution in [0.4, 0.5) is 0 Å². The van der Waals surface area contributed by atoms with Crippen molar-refractivity contribution in [1.29, 1.82) is 0 Å². The number of benzene rings is 1. The summed E-state index contributed by atoms with van der Waals surface area (Å²) in [6.07, 6.45) is 1.08. The summed E-state index contributed by atoms with van der Waals surface area (Å²) in [5.41, 5.74) is 1.30. The zero-order valence-electron chi connectivity index (χ0n) is 15.0. The Kier molecular flexibility index (Phi) is 5.23. The summed E-state index contributed by atoms with van der Waals surface area (Å²) in [6.45, 7) is 8.27. The topological polar surface area (TPSA) is 44.8 Å². The molecule has 0 bridgehead atoms. The van der Waals surface area contributed by atoms with Gasteiger partial charge in [-0.05, 0) is 32.9 Å². The van der Waals surface area contributed by atoms with Crippen molar-refractivity contribution in [1.82, 2.24) is 15.1 Å². The van der Waals surface area contributed by atoms with Gasteiger partial charge in [0.2, 0.25) is 5.91 Å². The van der Waals surface area contributed by atoms with E-state index in [-0.39, 0.29) is 23.6 Å². The Morgan fingerprint density at radius 3 is 2.62 bits per heavy atom. The Hall–Kier alpha value is -1.43. The van der Waals surface area contributed by atoms with Crippen LogP contribution in [0.15, 0.2) is 30.3 Å². The molecule has 2 fully saturated rings. The fourth-order valence-corrected chi connectivity index (χ4v) is 3.70. The number of carbonyl (C=O) groups excluding carboxylic acids is 1. The molecule has 2 aliphatic heterocycles. The Morgan fingerprint density at radius 2 is 2.00 bits per heavy atom. The molecule has 1 unspecified atom stereocenters. The van der Waals surface area contributed by atoms with Crippen LogP contribution in [0.25, 0.3) is 0 Å². The molecule has 0 saturated carbocycles. The highest BCUT2D eigenvalue weighted by molar-refractivity contribution is 5.82. The number of nitrogens with one attached hydrogen (secondary N) is 1. The van der Waals surface area contributed by atoms with Gasteiger partial charge in [-0.1, -0.05) is 30.3 Å². The van der Waals surface area contributed by atoms with Gasteiger partial charge in [0.1, 0.15) is 11.6 Å². The van der Waals surface area contributed by atoms with Crippen LogP contribution in [0.5, 0.6) is 0 Å². The number of carbonyl (C=O) groups is 1. The van der Waals surface area contributed by atoms with Crippen molar-refractivity contribution in [3.05, 3.63) is 35.9 Å². The minimum Gasteiger partial charge on any atom is -0.369 e.